The van der Waals surface area contributed by atoms with E-state index in [2.05, 4.69) is 15.9 Å². The fourth-order valence-corrected chi connectivity index (χ4v) is 6.95. The smallest absolute Gasteiger partial charge is 0.338 e. The third kappa shape index (κ3) is 6.48. The summed E-state index contributed by atoms with van der Waals surface area (Å²) >= 11 is 4.75. The zero-order chi connectivity index (χ0) is 33.1. The summed E-state index contributed by atoms with van der Waals surface area (Å²) in [4.78, 5) is 33.1. The van der Waals surface area contributed by atoms with Gasteiger partial charge in [-0.1, -0.05) is 75.8 Å². The van der Waals surface area contributed by atoms with Crippen molar-refractivity contribution in [2.45, 2.75) is 33.4 Å². The maximum atomic E-state index is 14.4. The van der Waals surface area contributed by atoms with E-state index >= 15 is 0 Å². The van der Waals surface area contributed by atoms with Crippen molar-refractivity contribution in [1.82, 2.24) is 4.57 Å². The molecule has 0 fully saturated rings. The SMILES string of the molecule is CCOC(=O)C1=C(C)N=c2s/c(=C\c3c(OCc4ccc(Br)cc4)ccc4ccccc34)c(=O)n2[C@@H]1c1ccc(OC)c(OCC)c1. The number of benzene rings is 4. The molecule has 5 aromatic rings. The predicted octanol–water partition coefficient (Wildman–Crippen LogP) is 6.70. The molecule has 0 amide bonds. The number of aromatic nitrogens is 1. The third-order valence-corrected chi connectivity index (χ3v) is 9.35. The van der Waals surface area contributed by atoms with Gasteiger partial charge in [-0.05, 0) is 79.1 Å². The normalized spacial score (nSPS) is 14.5. The molecule has 8 nitrogen and oxygen atoms in total. The molecule has 0 saturated carbocycles. The maximum Gasteiger partial charge on any atom is 0.338 e. The van der Waals surface area contributed by atoms with E-state index in [1.165, 1.54) is 11.3 Å². The lowest BCUT2D eigenvalue weighted by molar-refractivity contribution is -0.139. The summed E-state index contributed by atoms with van der Waals surface area (Å²) in [5.41, 5.74) is 2.96. The number of hydrogen-bond acceptors (Lipinski definition) is 8. The highest BCUT2D eigenvalue weighted by molar-refractivity contribution is 9.10. The Morgan fingerprint density at radius 3 is 2.47 bits per heavy atom. The molecule has 0 N–H and O–H groups in total. The minimum atomic E-state index is -0.793. The Morgan fingerprint density at radius 1 is 0.957 bits per heavy atom. The summed E-state index contributed by atoms with van der Waals surface area (Å²) < 4.78 is 26.2. The lowest BCUT2D eigenvalue weighted by Gasteiger charge is -2.25. The number of fused-ring (bicyclic) bond motifs is 2. The molecule has 0 aliphatic carbocycles. The fourth-order valence-electron chi connectivity index (χ4n) is 5.66. The van der Waals surface area contributed by atoms with E-state index in [9.17, 15) is 9.59 Å². The first-order valence-electron chi connectivity index (χ1n) is 15.2. The number of halogens is 1. The molecule has 2 heterocycles. The van der Waals surface area contributed by atoms with E-state index in [0.29, 0.717) is 56.6 Å². The van der Waals surface area contributed by atoms with E-state index in [1.54, 1.807) is 37.7 Å². The van der Waals surface area contributed by atoms with Crippen LogP contribution in [0.2, 0.25) is 0 Å². The molecule has 0 unspecified atom stereocenters. The quantitative estimate of drug-likeness (QED) is 0.150. The zero-order valence-electron chi connectivity index (χ0n) is 26.4. The topological polar surface area (TPSA) is 88.4 Å². The van der Waals surface area contributed by atoms with Crippen LogP contribution in [0.25, 0.3) is 16.8 Å². The Kier molecular flexibility index (Phi) is 9.60. The van der Waals surface area contributed by atoms with Crippen molar-refractivity contribution in [3.05, 3.63) is 131 Å². The average molecular weight is 714 g/mol. The molecule has 0 spiro atoms. The minimum Gasteiger partial charge on any atom is -0.493 e. The number of esters is 1. The van der Waals surface area contributed by atoms with Crippen molar-refractivity contribution in [2.24, 2.45) is 4.99 Å². The maximum absolute atomic E-state index is 14.4. The number of rotatable bonds is 10. The first-order valence-corrected chi connectivity index (χ1v) is 16.8. The summed E-state index contributed by atoms with van der Waals surface area (Å²) in [5, 5.41) is 1.96. The van der Waals surface area contributed by atoms with E-state index < -0.39 is 12.0 Å². The van der Waals surface area contributed by atoms with Crippen LogP contribution < -0.4 is 29.1 Å². The van der Waals surface area contributed by atoms with Crippen LogP contribution in [0.1, 0.15) is 43.5 Å². The molecule has 10 heteroatoms. The molecule has 0 saturated heterocycles. The number of carbonyl (C=O) groups is 1. The van der Waals surface area contributed by atoms with Gasteiger partial charge in [0, 0.05) is 10.0 Å². The Labute approximate surface area is 284 Å². The number of nitrogens with zero attached hydrogens (tertiary/aromatic N) is 2. The van der Waals surface area contributed by atoms with E-state index in [1.807, 2.05) is 79.7 Å². The number of hydrogen-bond donors (Lipinski definition) is 0. The van der Waals surface area contributed by atoms with E-state index in [4.69, 9.17) is 23.9 Å². The van der Waals surface area contributed by atoms with Crippen LogP contribution in [-0.4, -0.2) is 30.9 Å². The molecule has 4 aromatic carbocycles. The largest absolute Gasteiger partial charge is 0.493 e. The van der Waals surface area contributed by atoms with Gasteiger partial charge in [0.2, 0.25) is 0 Å². The van der Waals surface area contributed by atoms with E-state index in [-0.39, 0.29) is 12.2 Å². The molecule has 1 atom stereocenters. The number of allylic oxidation sites excluding steroid dienone is 1. The monoisotopic (exact) mass is 712 g/mol. The Morgan fingerprint density at radius 2 is 1.72 bits per heavy atom. The molecule has 1 aromatic heterocycles. The summed E-state index contributed by atoms with van der Waals surface area (Å²) in [6.45, 7) is 6.35. The van der Waals surface area contributed by atoms with Gasteiger partial charge < -0.3 is 18.9 Å². The van der Waals surface area contributed by atoms with Crippen LogP contribution in [0, 0.1) is 0 Å². The van der Waals surface area contributed by atoms with Gasteiger partial charge in [-0.2, -0.15) is 0 Å². The molecule has 240 valence electrons. The van der Waals surface area contributed by atoms with Crippen molar-refractivity contribution < 1.29 is 23.7 Å². The van der Waals surface area contributed by atoms with Gasteiger partial charge in [-0.15, -0.1) is 0 Å². The zero-order valence-corrected chi connectivity index (χ0v) is 28.8. The first-order chi connectivity index (χ1) is 22.8. The van der Waals surface area contributed by atoms with Gasteiger partial charge in [0.25, 0.3) is 5.56 Å². The highest BCUT2D eigenvalue weighted by Gasteiger charge is 2.34. The Balaban J connectivity index is 1.53. The van der Waals surface area contributed by atoms with Crippen LogP contribution in [0.15, 0.2) is 104 Å². The predicted molar refractivity (Wildman–Crippen MR) is 187 cm³/mol. The second-order valence-corrected chi connectivity index (χ2v) is 12.7. The van der Waals surface area contributed by atoms with Crippen LogP contribution in [0.4, 0.5) is 0 Å². The summed E-state index contributed by atoms with van der Waals surface area (Å²) in [6, 6.07) is 24.5. The van der Waals surface area contributed by atoms with Gasteiger partial charge in [-0.3, -0.25) is 9.36 Å². The molecule has 47 heavy (non-hydrogen) atoms. The highest BCUT2D eigenvalue weighted by Crippen LogP contribution is 2.36. The standard InChI is InChI=1S/C37H33BrN2O6S/c1-5-44-31-19-25(14-18-30(31)43-4)34-33(36(42)45-6-2)22(3)39-37-40(34)35(41)32(47-37)20-28-27-10-8-7-9-24(27)13-17-29(28)46-21-23-11-15-26(38)16-12-23/h7-20,34H,5-6,21H2,1-4H3/b32-20-/t34-/m1/s1. The highest BCUT2D eigenvalue weighted by atomic mass is 79.9. The lowest BCUT2D eigenvalue weighted by atomic mass is 9.95. The van der Waals surface area contributed by atoms with Crippen molar-refractivity contribution in [2.75, 3.05) is 20.3 Å². The Hall–Kier alpha value is -4.67. The third-order valence-electron chi connectivity index (χ3n) is 7.83. The van der Waals surface area contributed by atoms with Crippen LogP contribution in [0.5, 0.6) is 17.2 Å². The molecule has 1 aliphatic rings. The van der Waals surface area contributed by atoms with Gasteiger partial charge >= 0.3 is 5.97 Å². The Bertz CT molecular complexity index is 2190. The van der Waals surface area contributed by atoms with Crippen molar-refractivity contribution in [3.63, 3.8) is 0 Å². The molecule has 1 aliphatic heterocycles. The molecule has 0 bridgehead atoms. The van der Waals surface area contributed by atoms with Gasteiger partial charge in [0.15, 0.2) is 16.3 Å². The number of methoxy groups -OCH3 is 1. The number of thiazole rings is 1. The summed E-state index contributed by atoms with van der Waals surface area (Å²) in [6.07, 6.45) is 1.86. The van der Waals surface area contributed by atoms with Crippen molar-refractivity contribution in [1.29, 1.82) is 0 Å². The van der Waals surface area contributed by atoms with Gasteiger partial charge in [0.1, 0.15) is 12.4 Å². The van der Waals surface area contributed by atoms with Crippen molar-refractivity contribution in [3.8, 4) is 17.2 Å². The van der Waals surface area contributed by atoms with Crippen LogP contribution >= 0.6 is 27.3 Å². The fraction of sp³-hybridized carbons (Fsp3) is 0.216. The number of carbonyl (C=O) groups excluding carboxylic acids is 1. The average Bonchev–Trinajstić information content (AvgIpc) is 3.38. The molecule has 0 radical (unpaired) electrons. The first kappa shape index (κ1) is 32.3. The van der Waals surface area contributed by atoms with Crippen LogP contribution in [0.3, 0.4) is 0 Å². The molecule has 6 rings (SSSR count). The minimum absolute atomic E-state index is 0.184. The summed E-state index contributed by atoms with van der Waals surface area (Å²) in [7, 11) is 1.57. The molecular formula is C37H33BrN2O6S. The van der Waals surface area contributed by atoms with Gasteiger partial charge in [0.05, 0.1) is 42.2 Å². The molecular weight excluding hydrogens is 680 g/mol. The number of ether oxygens (including phenoxy) is 4. The second-order valence-electron chi connectivity index (χ2n) is 10.8. The van der Waals surface area contributed by atoms with E-state index in [0.717, 1.165) is 26.4 Å². The van der Waals surface area contributed by atoms with Gasteiger partial charge in [-0.25, -0.2) is 9.79 Å². The van der Waals surface area contributed by atoms with Crippen LogP contribution in [-0.2, 0) is 16.1 Å². The second kappa shape index (κ2) is 14.0. The lowest BCUT2D eigenvalue weighted by Crippen LogP contribution is -2.40. The summed E-state index contributed by atoms with van der Waals surface area (Å²) in [5.74, 6) is 1.18. The van der Waals surface area contributed by atoms with Crippen molar-refractivity contribution >= 4 is 50.1 Å².